The number of rotatable bonds is 8. The lowest BCUT2D eigenvalue weighted by atomic mass is 9.96. The van der Waals surface area contributed by atoms with Gasteiger partial charge in [-0.2, -0.15) is 0 Å². The lowest BCUT2D eigenvalue weighted by Crippen LogP contribution is -2.32. The fourth-order valence-electron chi connectivity index (χ4n) is 4.34. The van der Waals surface area contributed by atoms with Crippen LogP contribution in [0.1, 0.15) is 37.6 Å². The Balaban J connectivity index is 1.43. The molecule has 0 aliphatic rings. The number of carbonyl (C=O) groups is 1. The smallest absolute Gasteiger partial charge is 0.407 e. The highest BCUT2D eigenvalue weighted by atomic mass is 16.6. The van der Waals surface area contributed by atoms with Gasteiger partial charge in [-0.1, -0.05) is 54.6 Å². The van der Waals surface area contributed by atoms with Gasteiger partial charge in [0.1, 0.15) is 5.60 Å². The van der Waals surface area contributed by atoms with Crippen molar-refractivity contribution in [2.45, 2.75) is 46.1 Å². The zero-order valence-electron chi connectivity index (χ0n) is 22.9. The van der Waals surface area contributed by atoms with E-state index in [0.29, 0.717) is 19.8 Å². The zero-order chi connectivity index (χ0) is 28.0. The van der Waals surface area contributed by atoms with Crippen LogP contribution in [0.2, 0.25) is 0 Å². The van der Waals surface area contributed by atoms with Crippen molar-refractivity contribution in [2.75, 3.05) is 0 Å². The number of carbonyl (C=O) groups excluding carboxylic acids is 1. The Morgan fingerprint density at radius 3 is 2.30 bits per heavy atom. The molecule has 3 heterocycles. The van der Waals surface area contributed by atoms with Crippen molar-refractivity contribution in [2.24, 2.45) is 0 Å². The SMILES string of the molecule is CC(C)(C)OC(=O)NCc1ccc(-c2nc3ccnc(COCc4ccncc4)c3cc2-c2ccccc2)cc1. The van der Waals surface area contributed by atoms with Gasteiger partial charge in [-0.3, -0.25) is 9.97 Å². The van der Waals surface area contributed by atoms with E-state index in [9.17, 15) is 4.79 Å². The maximum absolute atomic E-state index is 12.1. The Morgan fingerprint density at radius 1 is 0.825 bits per heavy atom. The molecule has 2 aromatic carbocycles. The molecule has 5 aromatic rings. The third-order valence-electron chi connectivity index (χ3n) is 6.23. The first-order chi connectivity index (χ1) is 19.4. The number of nitrogens with zero attached hydrogens (tertiary/aromatic N) is 3. The summed E-state index contributed by atoms with van der Waals surface area (Å²) in [6.07, 6.45) is 4.86. The van der Waals surface area contributed by atoms with Gasteiger partial charge in [0.15, 0.2) is 0 Å². The lowest BCUT2D eigenvalue weighted by Gasteiger charge is -2.19. The Labute approximate surface area is 234 Å². The Kier molecular flexibility index (Phi) is 8.12. The zero-order valence-corrected chi connectivity index (χ0v) is 22.9. The van der Waals surface area contributed by atoms with Crippen molar-refractivity contribution in [3.8, 4) is 22.4 Å². The van der Waals surface area contributed by atoms with Crippen LogP contribution in [-0.2, 0) is 29.2 Å². The van der Waals surface area contributed by atoms with Gasteiger partial charge in [0.25, 0.3) is 0 Å². The van der Waals surface area contributed by atoms with Gasteiger partial charge < -0.3 is 14.8 Å². The van der Waals surface area contributed by atoms with Crippen LogP contribution < -0.4 is 5.32 Å². The summed E-state index contributed by atoms with van der Waals surface area (Å²) >= 11 is 0. The van der Waals surface area contributed by atoms with E-state index in [2.05, 4.69) is 33.5 Å². The minimum Gasteiger partial charge on any atom is -0.444 e. The van der Waals surface area contributed by atoms with E-state index >= 15 is 0 Å². The van der Waals surface area contributed by atoms with Gasteiger partial charge in [-0.15, -0.1) is 0 Å². The Hall–Kier alpha value is -4.62. The molecule has 5 rings (SSSR count). The highest BCUT2D eigenvalue weighted by Crippen LogP contribution is 2.34. The molecular weight excluding hydrogens is 500 g/mol. The molecule has 1 N–H and O–H groups in total. The van der Waals surface area contributed by atoms with Gasteiger partial charge in [0.2, 0.25) is 0 Å². The number of alkyl carbamates (subject to hydrolysis) is 1. The third kappa shape index (κ3) is 6.87. The van der Waals surface area contributed by atoms with Crippen LogP contribution in [0.25, 0.3) is 33.3 Å². The molecule has 0 fully saturated rings. The van der Waals surface area contributed by atoms with E-state index in [4.69, 9.17) is 14.5 Å². The highest BCUT2D eigenvalue weighted by molar-refractivity contribution is 5.92. The van der Waals surface area contributed by atoms with E-state index in [1.165, 1.54) is 0 Å². The average molecular weight is 533 g/mol. The number of nitrogens with one attached hydrogen (secondary N) is 1. The second-order valence-electron chi connectivity index (χ2n) is 10.5. The van der Waals surface area contributed by atoms with Gasteiger partial charge >= 0.3 is 6.09 Å². The van der Waals surface area contributed by atoms with Crippen molar-refractivity contribution < 1.29 is 14.3 Å². The molecule has 1 amide bonds. The second kappa shape index (κ2) is 12.1. The van der Waals surface area contributed by atoms with Crippen LogP contribution in [-0.4, -0.2) is 26.6 Å². The number of pyridine rings is 3. The number of fused-ring (bicyclic) bond motifs is 1. The molecule has 0 saturated carbocycles. The highest BCUT2D eigenvalue weighted by Gasteiger charge is 2.17. The molecule has 202 valence electrons. The van der Waals surface area contributed by atoms with Crippen molar-refractivity contribution in [3.63, 3.8) is 0 Å². The fraction of sp³-hybridized carbons (Fsp3) is 0.212. The van der Waals surface area contributed by atoms with Crippen LogP contribution in [0.4, 0.5) is 4.79 Å². The molecule has 0 saturated heterocycles. The average Bonchev–Trinajstić information content (AvgIpc) is 2.96. The molecule has 7 heteroatoms. The predicted molar refractivity (Wildman–Crippen MR) is 156 cm³/mol. The maximum Gasteiger partial charge on any atom is 0.407 e. The van der Waals surface area contributed by atoms with Crippen molar-refractivity contribution >= 4 is 17.0 Å². The molecule has 0 spiro atoms. The van der Waals surface area contributed by atoms with E-state index < -0.39 is 11.7 Å². The lowest BCUT2D eigenvalue weighted by molar-refractivity contribution is 0.0523. The normalized spacial score (nSPS) is 11.4. The van der Waals surface area contributed by atoms with E-state index in [-0.39, 0.29) is 0 Å². The largest absolute Gasteiger partial charge is 0.444 e. The van der Waals surface area contributed by atoms with Crippen LogP contribution >= 0.6 is 0 Å². The molecule has 7 nitrogen and oxygen atoms in total. The summed E-state index contributed by atoms with van der Waals surface area (Å²) in [5.74, 6) is 0. The summed E-state index contributed by atoms with van der Waals surface area (Å²) in [6.45, 7) is 6.76. The van der Waals surface area contributed by atoms with Gasteiger partial charge in [-0.05, 0) is 61.7 Å². The van der Waals surface area contributed by atoms with Crippen LogP contribution in [0.15, 0.2) is 97.5 Å². The van der Waals surface area contributed by atoms with Gasteiger partial charge in [0, 0.05) is 41.6 Å². The topological polar surface area (TPSA) is 86.2 Å². The third-order valence-corrected chi connectivity index (χ3v) is 6.23. The first-order valence-electron chi connectivity index (χ1n) is 13.2. The monoisotopic (exact) mass is 532 g/mol. The maximum atomic E-state index is 12.1. The van der Waals surface area contributed by atoms with E-state index in [1.54, 1.807) is 18.6 Å². The predicted octanol–water partition coefficient (Wildman–Crippen LogP) is 7.10. The first kappa shape index (κ1) is 27.0. The summed E-state index contributed by atoms with van der Waals surface area (Å²) in [7, 11) is 0. The van der Waals surface area contributed by atoms with Crippen molar-refractivity contribution in [3.05, 3.63) is 114 Å². The first-order valence-corrected chi connectivity index (χ1v) is 13.2. The molecule has 0 unspecified atom stereocenters. The van der Waals surface area contributed by atoms with Gasteiger partial charge in [-0.25, -0.2) is 9.78 Å². The molecule has 40 heavy (non-hydrogen) atoms. The molecule has 0 aliphatic heterocycles. The van der Waals surface area contributed by atoms with E-state index in [1.807, 2.05) is 81.4 Å². The number of benzene rings is 2. The van der Waals surface area contributed by atoms with E-state index in [0.717, 1.165) is 50.1 Å². The Bertz CT molecular complexity index is 1580. The number of ether oxygens (including phenoxy) is 2. The van der Waals surface area contributed by atoms with Crippen molar-refractivity contribution in [1.82, 2.24) is 20.3 Å². The van der Waals surface area contributed by atoms with Crippen molar-refractivity contribution in [1.29, 1.82) is 0 Å². The number of hydrogen-bond donors (Lipinski definition) is 1. The molecule has 0 radical (unpaired) electrons. The standard InChI is InChI=1S/C33H32N4O3/c1-33(2,3)40-32(38)36-20-23-9-11-26(12-10-23)31-27(25-7-5-4-6-8-25)19-28-29(37-31)15-18-35-30(28)22-39-21-24-13-16-34-17-14-24/h4-19H,20-22H2,1-3H3,(H,36,38). The minimum atomic E-state index is -0.537. The number of aromatic nitrogens is 3. The van der Waals surface area contributed by atoms with Crippen LogP contribution in [0, 0.1) is 0 Å². The second-order valence-corrected chi connectivity index (χ2v) is 10.5. The fourth-order valence-corrected chi connectivity index (χ4v) is 4.34. The van der Waals surface area contributed by atoms with Crippen LogP contribution in [0.3, 0.4) is 0 Å². The summed E-state index contributed by atoms with van der Waals surface area (Å²) in [6, 6.07) is 26.3. The number of hydrogen-bond acceptors (Lipinski definition) is 6. The summed E-state index contributed by atoms with van der Waals surface area (Å²) in [4.78, 5) is 25.8. The summed E-state index contributed by atoms with van der Waals surface area (Å²) in [5, 5.41) is 3.77. The minimum absolute atomic E-state index is 0.369. The molecular formula is C33H32N4O3. The molecule has 3 aromatic heterocycles. The summed E-state index contributed by atoms with van der Waals surface area (Å²) < 4.78 is 11.3. The quantitative estimate of drug-likeness (QED) is 0.229. The van der Waals surface area contributed by atoms with Crippen LogP contribution in [0.5, 0.6) is 0 Å². The number of amides is 1. The molecule has 0 bridgehead atoms. The molecule has 0 atom stereocenters. The summed E-state index contributed by atoms with van der Waals surface area (Å²) in [5.41, 5.74) is 7.11. The Morgan fingerprint density at radius 2 is 1.57 bits per heavy atom. The van der Waals surface area contributed by atoms with Gasteiger partial charge in [0.05, 0.1) is 30.1 Å². The molecule has 0 aliphatic carbocycles.